The summed E-state index contributed by atoms with van der Waals surface area (Å²) < 4.78 is 5.26. The number of benzene rings is 2. The third-order valence-electron chi connectivity index (χ3n) is 3.13. The van der Waals surface area contributed by atoms with E-state index in [-0.39, 0.29) is 5.97 Å². The first-order valence-corrected chi connectivity index (χ1v) is 5.99. The molecule has 1 aliphatic rings. The van der Waals surface area contributed by atoms with Crippen LogP contribution in [0.15, 0.2) is 42.5 Å². The lowest BCUT2D eigenvalue weighted by Gasteiger charge is -2.04. The Morgan fingerprint density at radius 2 is 1.88 bits per heavy atom. The van der Waals surface area contributed by atoms with E-state index in [1.807, 2.05) is 42.5 Å². The van der Waals surface area contributed by atoms with Gasteiger partial charge in [0, 0.05) is 0 Å². The fraction of sp³-hybridized carbons (Fsp3) is 0.267. The van der Waals surface area contributed by atoms with Crippen molar-refractivity contribution >= 4 is 16.7 Å². The average Bonchev–Trinajstić information content (AvgIpc) is 3.19. The minimum atomic E-state index is -0.206. The summed E-state index contributed by atoms with van der Waals surface area (Å²) in [6, 6.07) is 13.7. The highest BCUT2D eigenvalue weighted by atomic mass is 16.5. The first-order chi connectivity index (χ1) is 8.33. The third-order valence-corrected chi connectivity index (χ3v) is 3.13. The maximum Gasteiger partial charge on any atom is 0.338 e. The fourth-order valence-electron chi connectivity index (χ4n) is 1.88. The lowest BCUT2D eigenvalue weighted by molar-refractivity contribution is 0.0486. The SMILES string of the molecule is O=C(OCC1CC1)c1ccc2ccccc2c1. The number of carbonyl (C=O) groups is 1. The summed E-state index contributed by atoms with van der Waals surface area (Å²) in [7, 11) is 0. The molecule has 0 atom stereocenters. The van der Waals surface area contributed by atoms with Gasteiger partial charge in [0.25, 0.3) is 0 Å². The molecule has 0 unspecified atom stereocenters. The predicted octanol–water partition coefficient (Wildman–Crippen LogP) is 3.41. The number of esters is 1. The van der Waals surface area contributed by atoms with Gasteiger partial charge in [-0.25, -0.2) is 4.79 Å². The molecule has 2 aromatic carbocycles. The van der Waals surface area contributed by atoms with E-state index in [0.29, 0.717) is 18.1 Å². The van der Waals surface area contributed by atoms with Crippen LogP contribution in [-0.2, 0) is 4.74 Å². The smallest absolute Gasteiger partial charge is 0.338 e. The van der Waals surface area contributed by atoms with Crippen molar-refractivity contribution in [2.24, 2.45) is 5.92 Å². The molecule has 0 aliphatic heterocycles. The molecule has 3 rings (SSSR count). The number of ether oxygens (including phenoxy) is 1. The van der Waals surface area contributed by atoms with E-state index in [1.165, 1.54) is 12.8 Å². The summed E-state index contributed by atoms with van der Waals surface area (Å²) in [4.78, 5) is 11.8. The van der Waals surface area contributed by atoms with Crippen LogP contribution in [0.5, 0.6) is 0 Å². The standard InChI is InChI=1S/C15H14O2/c16-15(17-10-11-5-6-11)14-8-7-12-3-1-2-4-13(12)9-14/h1-4,7-9,11H,5-6,10H2. The van der Waals surface area contributed by atoms with Gasteiger partial charge in [-0.2, -0.15) is 0 Å². The van der Waals surface area contributed by atoms with E-state index in [4.69, 9.17) is 4.74 Å². The molecule has 17 heavy (non-hydrogen) atoms. The van der Waals surface area contributed by atoms with Crippen LogP contribution in [0, 0.1) is 5.92 Å². The molecule has 1 saturated carbocycles. The van der Waals surface area contributed by atoms with Crippen LogP contribution in [-0.4, -0.2) is 12.6 Å². The van der Waals surface area contributed by atoms with E-state index in [2.05, 4.69) is 0 Å². The van der Waals surface area contributed by atoms with Crippen LogP contribution in [0.2, 0.25) is 0 Å². The molecule has 0 bridgehead atoms. The van der Waals surface area contributed by atoms with Gasteiger partial charge >= 0.3 is 5.97 Å². The molecule has 0 aromatic heterocycles. The number of fused-ring (bicyclic) bond motifs is 1. The summed E-state index contributed by atoms with van der Waals surface area (Å²) in [5.74, 6) is 0.405. The summed E-state index contributed by atoms with van der Waals surface area (Å²) in [5, 5.41) is 2.22. The Bertz CT molecular complexity index is 556. The Balaban J connectivity index is 1.81. The summed E-state index contributed by atoms with van der Waals surface area (Å²) in [5.41, 5.74) is 0.643. The van der Waals surface area contributed by atoms with Crippen molar-refractivity contribution in [3.05, 3.63) is 48.0 Å². The zero-order valence-corrected chi connectivity index (χ0v) is 9.56. The monoisotopic (exact) mass is 226 g/mol. The highest BCUT2D eigenvalue weighted by Gasteiger charge is 2.23. The van der Waals surface area contributed by atoms with Crippen LogP contribution in [0.3, 0.4) is 0 Å². The lowest BCUT2D eigenvalue weighted by Crippen LogP contribution is -2.07. The number of rotatable bonds is 3. The Labute approximate surface area is 100 Å². The Morgan fingerprint density at radius 3 is 2.65 bits per heavy atom. The van der Waals surface area contributed by atoms with Crippen molar-refractivity contribution in [2.75, 3.05) is 6.61 Å². The van der Waals surface area contributed by atoms with E-state index < -0.39 is 0 Å². The third kappa shape index (κ3) is 2.31. The lowest BCUT2D eigenvalue weighted by atomic mass is 10.1. The van der Waals surface area contributed by atoms with Gasteiger partial charge < -0.3 is 4.74 Å². The van der Waals surface area contributed by atoms with Gasteiger partial charge in [0.15, 0.2) is 0 Å². The van der Waals surface area contributed by atoms with E-state index in [1.54, 1.807) is 0 Å². The Morgan fingerprint density at radius 1 is 1.12 bits per heavy atom. The second kappa shape index (κ2) is 4.21. The molecule has 1 aliphatic carbocycles. The summed E-state index contributed by atoms with van der Waals surface area (Å²) >= 11 is 0. The molecular formula is C15H14O2. The second-order valence-corrected chi connectivity index (χ2v) is 4.60. The van der Waals surface area contributed by atoms with Crippen LogP contribution in [0.25, 0.3) is 10.8 Å². The van der Waals surface area contributed by atoms with Crippen molar-refractivity contribution in [3.63, 3.8) is 0 Å². The molecule has 0 saturated heterocycles. The van der Waals surface area contributed by atoms with Crippen molar-refractivity contribution in [1.29, 1.82) is 0 Å². The van der Waals surface area contributed by atoms with Crippen LogP contribution in [0.4, 0.5) is 0 Å². The molecule has 2 aromatic rings. The molecule has 1 fully saturated rings. The fourth-order valence-corrected chi connectivity index (χ4v) is 1.88. The van der Waals surface area contributed by atoms with Gasteiger partial charge in [0.2, 0.25) is 0 Å². The predicted molar refractivity (Wildman–Crippen MR) is 67.0 cm³/mol. The van der Waals surface area contributed by atoms with Gasteiger partial charge in [-0.15, -0.1) is 0 Å². The van der Waals surface area contributed by atoms with E-state index in [9.17, 15) is 4.79 Å². The van der Waals surface area contributed by atoms with Crippen molar-refractivity contribution < 1.29 is 9.53 Å². The van der Waals surface area contributed by atoms with Gasteiger partial charge in [-0.1, -0.05) is 30.3 Å². The van der Waals surface area contributed by atoms with Crippen LogP contribution in [0.1, 0.15) is 23.2 Å². The first kappa shape index (κ1) is 10.3. The van der Waals surface area contributed by atoms with E-state index >= 15 is 0 Å². The maximum absolute atomic E-state index is 11.8. The molecule has 2 nitrogen and oxygen atoms in total. The Kier molecular flexibility index (Phi) is 2.56. The van der Waals surface area contributed by atoms with Gasteiger partial charge in [0.1, 0.15) is 0 Å². The van der Waals surface area contributed by atoms with Crippen LogP contribution >= 0.6 is 0 Å². The molecule has 0 N–H and O–H groups in total. The maximum atomic E-state index is 11.8. The minimum Gasteiger partial charge on any atom is -0.462 e. The van der Waals surface area contributed by atoms with Gasteiger partial charge in [0.05, 0.1) is 12.2 Å². The van der Waals surface area contributed by atoms with E-state index in [0.717, 1.165) is 10.8 Å². The molecule has 2 heteroatoms. The van der Waals surface area contributed by atoms with Gasteiger partial charge in [-0.05, 0) is 41.7 Å². The molecule has 0 heterocycles. The van der Waals surface area contributed by atoms with Crippen LogP contribution < -0.4 is 0 Å². The largest absolute Gasteiger partial charge is 0.462 e. The molecule has 0 amide bonds. The zero-order chi connectivity index (χ0) is 11.7. The van der Waals surface area contributed by atoms with Crippen molar-refractivity contribution in [3.8, 4) is 0 Å². The molecule has 86 valence electrons. The summed E-state index contributed by atoms with van der Waals surface area (Å²) in [6.07, 6.45) is 2.40. The second-order valence-electron chi connectivity index (χ2n) is 4.60. The normalized spacial score (nSPS) is 14.8. The number of hydrogen-bond acceptors (Lipinski definition) is 2. The topological polar surface area (TPSA) is 26.3 Å². The zero-order valence-electron chi connectivity index (χ0n) is 9.56. The van der Waals surface area contributed by atoms with Crippen molar-refractivity contribution in [1.82, 2.24) is 0 Å². The Hall–Kier alpha value is -1.83. The first-order valence-electron chi connectivity index (χ1n) is 5.99. The van der Waals surface area contributed by atoms with Gasteiger partial charge in [-0.3, -0.25) is 0 Å². The molecular weight excluding hydrogens is 212 g/mol. The highest BCUT2D eigenvalue weighted by molar-refractivity contribution is 5.95. The molecule has 0 radical (unpaired) electrons. The van der Waals surface area contributed by atoms with Crippen molar-refractivity contribution in [2.45, 2.75) is 12.8 Å². The quantitative estimate of drug-likeness (QED) is 0.750. The molecule has 0 spiro atoms. The average molecular weight is 226 g/mol. The number of carbonyl (C=O) groups excluding carboxylic acids is 1. The number of hydrogen-bond donors (Lipinski definition) is 0. The highest BCUT2D eigenvalue weighted by Crippen LogP contribution is 2.29. The summed E-state index contributed by atoms with van der Waals surface area (Å²) in [6.45, 7) is 0.575. The minimum absolute atomic E-state index is 0.206.